The van der Waals surface area contributed by atoms with Crippen molar-refractivity contribution < 1.29 is 4.79 Å². The van der Waals surface area contributed by atoms with E-state index in [1.54, 1.807) is 0 Å². The molecule has 8 heavy (non-hydrogen) atoms. The van der Waals surface area contributed by atoms with Gasteiger partial charge in [-0.25, -0.2) is 5.84 Å². The third-order valence-electron chi connectivity index (χ3n) is 0.597. The second-order valence-electron chi connectivity index (χ2n) is 1.14. The van der Waals surface area contributed by atoms with E-state index in [4.69, 9.17) is 5.41 Å². The lowest BCUT2D eigenvalue weighted by atomic mass is 10.3. The van der Waals surface area contributed by atoms with Gasteiger partial charge in [0.15, 0.2) is 0 Å². The summed E-state index contributed by atoms with van der Waals surface area (Å²) >= 11 is 0. The average Bonchev–Trinajstić information content (AvgIpc) is 1.84. The molecule has 0 aliphatic carbocycles. The van der Waals surface area contributed by atoms with Crippen LogP contribution in [-0.4, -0.2) is 12.1 Å². The maximum absolute atomic E-state index is 10.3. The molecule has 0 saturated heterocycles. The van der Waals surface area contributed by atoms with Gasteiger partial charge in [0.05, 0.1) is 5.57 Å². The SMILES string of the molecule is C=C(C=N)C(=O)NN. The van der Waals surface area contributed by atoms with Gasteiger partial charge in [0.1, 0.15) is 0 Å². The Labute approximate surface area is 46.9 Å². The van der Waals surface area contributed by atoms with Gasteiger partial charge in [-0.3, -0.25) is 10.2 Å². The van der Waals surface area contributed by atoms with Crippen molar-refractivity contribution in [3.63, 3.8) is 0 Å². The van der Waals surface area contributed by atoms with Crippen molar-refractivity contribution in [3.05, 3.63) is 12.2 Å². The molecule has 0 heterocycles. The maximum Gasteiger partial charge on any atom is 0.266 e. The van der Waals surface area contributed by atoms with E-state index in [2.05, 4.69) is 12.4 Å². The number of amides is 1. The van der Waals surface area contributed by atoms with Crippen LogP contribution in [0.25, 0.3) is 0 Å². The molecule has 0 aromatic heterocycles. The Morgan fingerprint density at radius 1 is 1.88 bits per heavy atom. The second-order valence-corrected chi connectivity index (χ2v) is 1.14. The molecule has 0 aromatic carbocycles. The van der Waals surface area contributed by atoms with Crippen LogP contribution in [0.15, 0.2) is 12.2 Å². The topological polar surface area (TPSA) is 79.0 Å². The molecule has 0 unspecified atom stereocenters. The Bertz CT molecular complexity index is 129. The van der Waals surface area contributed by atoms with Crippen LogP contribution >= 0.6 is 0 Å². The van der Waals surface area contributed by atoms with E-state index in [0.29, 0.717) is 0 Å². The fraction of sp³-hybridized carbons (Fsp3) is 0. The summed E-state index contributed by atoms with van der Waals surface area (Å²) in [4.78, 5) is 10.3. The molecular formula is C4H7N3O. The standard InChI is InChI=1S/C4H7N3O/c1-3(2-5)4(8)7-6/h2,5H,1,6H2,(H,7,8). The molecule has 4 N–H and O–H groups in total. The highest BCUT2D eigenvalue weighted by atomic mass is 16.2. The van der Waals surface area contributed by atoms with Crippen LogP contribution in [0.5, 0.6) is 0 Å². The molecule has 0 aliphatic heterocycles. The smallest absolute Gasteiger partial charge is 0.266 e. The molecule has 0 bridgehead atoms. The predicted octanol–water partition coefficient (Wildman–Crippen LogP) is -0.818. The number of nitrogens with two attached hydrogens (primary N) is 1. The minimum absolute atomic E-state index is 0.0486. The number of hydrazine groups is 1. The Morgan fingerprint density at radius 3 is 2.50 bits per heavy atom. The minimum atomic E-state index is -0.528. The van der Waals surface area contributed by atoms with Crippen LogP contribution in [0.4, 0.5) is 0 Å². The van der Waals surface area contributed by atoms with Crippen LogP contribution < -0.4 is 11.3 Å². The Hall–Kier alpha value is -1.16. The van der Waals surface area contributed by atoms with E-state index >= 15 is 0 Å². The third kappa shape index (κ3) is 1.53. The van der Waals surface area contributed by atoms with E-state index in [9.17, 15) is 4.79 Å². The van der Waals surface area contributed by atoms with E-state index in [0.717, 1.165) is 6.21 Å². The van der Waals surface area contributed by atoms with Gasteiger partial charge in [0.25, 0.3) is 5.91 Å². The summed E-state index contributed by atoms with van der Waals surface area (Å²) in [5.74, 6) is 4.16. The van der Waals surface area contributed by atoms with Crippen LogP contribution in [-0.2, 0) is 4.79 Å². The van der Waals surface area contributed by atoms with E-state index in [1.165, 1.54) is 0 Å². The van der Waals surface area contributed by atoms with E-state index < -0.39 is 5.91 Å². The Kier molecular flexibility index (Phi) is 2.50. The van der Waals surface area contributed by atoms with Gasteiger partial charge in [-0.05, 0) is 0 Å². The minimum Gasteiger partial charge on any atom is -0.308 e. The number of carbonyl (C=O) groups is 1. The van der Waals surface area contributed by atoms with Crippen LogP contribution in [0.2, 0.25) is 0 Å². The van der Waals surface area contributed by atoms with Crippen molar-refractivity contribution in [3.8, 4) is 0 Å². The van der Waals surface area contributed by atoms with Crippen LogP contribution in [0, 0.1) is 5.41 Å². The zero-order valence-electron chi connectivity index (χ0n) is 4.27. The van der Waals surface area contributed by atoms with Gasteiger partial charge in [0.2, 0.25) is 0 Å². The molecule has 0 saturated carbocycles. The molecule has 0 aliphatic rings. The number of nitrogens with one attached hydrogen (secondary N) is 2. The normalized spacial score (nSPS) is 7.62. The van der Waals surface area contributed by atoms with Crippen molar-refractivity contribution >= 4 is 12.1 Å². The zero-order valence-corrected chi connectivity index (χ0v) is 4.27. The van der Waals surface area contributed by atoms with Crippen molar-refractivity contribution in [1.29, 1.82) is 5.41 Å². The summed E-state index contributed by atoms with van der Waals surface area (Å²) in [6.07, 6.45) is 0.836. The van der Waals surface area contributed by atoms with Gasteiger partial charge in [-0.2, -0.15) is 0 Å². The quantitative estimate of drug-likeness (QED) is 0.144. The summed E-state index contributed by atoms with van der Waals surface area (Å²) < 4.78 is 0. The first-order valence-electron chi connectivity index (χ1n) is 1.92. The molecule has 0 aromatic rings. The highest BCUT2D eigenvalue weighted by Crippen LogP contribution is 1.78. The van der Waals surface area contributed by atoms with Gasteiger partial charge in [-0.15, -0.1) is 0 Å². The lowest BCUT2D eigenvalue weighted by Crippen LogP contribution is -2.31. The van der Waals surface area contributed by atoms with E-state index in [-0.39, 0.29) is 5.57 Å². The van der Waals surface area contributed by atoms with Gasteiger partial charge in [-0.1, -0.05) is 6.58 Å². The monoisotopic (exact) mass is 113 g/mol. The van der Waals surface area contributed by atoms with Crippen molar-refractivity contribution in [1.82, 2.24) is 5.43 Å². The van der Waals surface area contributed by atoms with Crippen molar-refractivity contribution in [2.24, 2.45) is 5.84 Å². The molecule has 1 amide bonds. The van der Waals surface area contributed by atoms with Gasteiger partial charge in [0, 0.05) is 6.21 Å². The molecular weight excluding hydrogens is 106 g/mol. The second kappa shape index (κ2) is 2.92. The maximum atomic E-state index is 10.3. The molecule has 0 fully saturated rings. The Morgan fingerprint density at radius 2 is 2.38 bits per heavy atom. The molecule has 0 radical (unpaired) electrons. The summed E-state index contributed by atoms with van der Waals surface area (Å²) in [7, 11) is 0. The number of hydrogen-bond donors (Lipinski definition) is 3. The predicted molar refractivity (Wildman–Crippen MR) is 30.3 cm³/mol. The van der Waals surface area contributed by atoms with Crippen LogP contribution in [0.3, 0.4) is 0 Å². The fourth-order valence-electron chi connectivity index (χ4n) is 0.158. The van der Waals surface area contributed by atoms with Gasteiger partial charge < -0.3 is 5.41 Å². The largest absolute Gasteiger partial charge is 0.308 e. The van der Waals surface area contributed by atoms with E-state index in [1.807, 2.05) is 5.43 Å². The summed E-state index contributed by atoms with van der Waals surface area (Å²) in [5, 5.41) is 6.50. The average molecular weight is 113 g/mol. The first kappa shape index (κ1) is 6.84. The van der Waals surface area contributed by atoms with Crippen molar-refractivity contribution in [2.45, 2.75) is 0 Å². The summed E-state index contributed by atoms with van der Waals surface area (Å²) in [5.41, 5.74) is 1.87. The Balaban J connectivity index is 3.82. The zero-order chi connectivity index (χ0) is 6.57. The summed E-state index contributed by atoms with van der Waals surface area (Å²) in [6.45, 7) is 3.21. The van der Waals surface area contributed by atoms with Crippen LogP contribution in [0.1, 0.15) is 0 Å². The highest BCUT2D eigenvalue weighted by molar-refractivity contribution is 6.10. The molecule has 4 heteroatoms. The first-order valence-corrected chi connectivity index (χ1v) is 1.92. The lowest BCUT2D eigenvalue weighted by Gasteiger charge is -1.92. The number of rotatable bonds is 2. The fourth-order valence-corrected chi connectivity index (χ4v) is 0.158. The number of carbonyl (C=O) groups excluding carboxylic acids is 1. The molecule has 0 atom stereocenters. The summed E-state index contributed by atoms with van der Waals surface area (Å²) in [6, 6.07) is 0. The third-order valence-corrected chi connectivity index (χ3v) is 0.597. The number of hydrogen-bond acceptors (Lipinski definition) is 3. The molecule has 0 spiro atoms. The highest BCUT2D eigenvalue weighted by Gasteiger charge is 1.97. The van der Waals surface area contributed by atoms with Gasteiger partial charge >= 0.3 is 0 Å². The lowest BCUT2D eigenvalue weighted by molar-refractivity contribution is -0.117. The van der Waals surface area contributed by atoms with Crippen molar-refractivity contribution in [2.75, 3.05) is 0 Å². The molecule has 0 rings (SSSR count). The molecule has 44 valence electrons. The first-order chi connectivity index (χ1) is 3.72. The molecule has 4 nitrogen and oxygen atoms in total.